The summed E-state index contributed by atoms with van der Waals surface area (Å²) in [5.74, 6) is -4.10. The number of halogens is 2. The molecule has 1 amide bonds. The minimum absolute atomic E-state index is 0.106. The summed E-state index contributed by atoms with van der Waals surface area (Å²) < 4.78 is 35.4. The lowest BCUT2D eigenvalue weighted by atomic mass is 9.98. The number of carbonyl (C=O) groups is 3. The van der Waals surface area contributed by atoms with Gasteiger partial charge in [0, 0.05) is 6.07 Å². The highest BCUT2D eigenvalue weighted by Gasteiger charge is 2.29. The molecule has 0 heterocycles. The molecule has 132 valence electrons. The topological polar surface area (TPSA) is 81.7 Å². The van der Waals surface area contributed by atoms with Crippen LogP contribution in [0.3, 0.4) is 0 Å². The Balaban J connectivity index is 2.80. The highest BCUT2D eigenvalue weighted by atomic mass is 19.1. The summed E-state index contributed by atoms with van der Waals surface area (Å²) in [6, 6.07) is 1.65. The summed E-state index contributed by atoms with van der Waals surface area (Å²) in [4.78, 5) is 35.2. The maximum Gasteiger partial charge on any atom is 0.328 e. The van der Waals surface area contributed by atoms with E-state index in [4.69, 9.17) is 0 Å². The van der Waals surface area contributed by atoms with E-state index in [9.17, 15) is 23.2 Å². The highest BCUT2D eigenvalue weighted by molar-refractivity contribution is 5.86. The van der Waals surface area contributed by atoms with E-state index in [1.165, 1.54) is 7.11 Å². The van der Waals surface area contributed by atoms with Gasteiger partial charge in [0.25, 0.3) is 0 Å². The normalized spacial score (nSPS) is 12.9. The van der Waals surface area contributed by atoms with Crippen molar-refractivity contribution in [1.29, 1.82) is 0 Å². The molecule has 0 unspecified atom stereocenters. The maximum absolute atomic E-state index is 13.1. The van der Waals surface area contributed by atoms with Crippen LogP contribution in [0, 0.1) is 17.6 Å². The van der Waals surface area contributed by atoms with Crippen molar-refractivity contribution in [2.75, 3.05) is 14.2 Å². The Bertz CT molecular complexity index is 600. The van der Waals surface area contributed by atoms with Crippen LogP contribution in [0.1, 0.15) is 18.9 Å². The van der Waals surface area contributed by atoms with Gasteiger partial charge in [0.1, 0.15) is 17.7 Å². The van der Waals surface area contributed by atoms with Crippen molar-refractivity contribution >= 4 is 17.8 Å². The molecule has 1 aromatic carbocycles. The zero-order chi connectivity index (χ0) is 18.3. The number of amides is 1. The Morgan fingerprint density at radius 3 is 2.17 bits per heavy atom. The first kappa shape index (κ1) is 19.5. The second kappa shape index (κ2) is 8.95. The molecule has 0 spiro atoms. The summed E-state index contributed by atoms with van der Waals surface area (Å²) in [6.45, 7) is 1.57. The monoisotopic (exact) mass is 343 g/mol. The summed E-state index contributed by atoms with van der Waals surface area (Å²) in [7, 11) is 2.35. The molecule has 6 nitrogen and oxygen atoms in total. The van der Waals surface area contributed by atoms with Crippen molar-refractivity contribution in [1.82, 2.24) is 5.32 Å². The maximum atomic E-state index is 13.1. The molecule has 0 aliphatic carbocycles. The largest absolute Gasteiger partial charge is 0.469 e. The quantitative estimate of drug-likeness (QED) is 0.756. The summed E-state index contributed by atoms with van der Waals surface area (Å²) in [6.07, 6.45) is -0.432. The van der Waals surface area contributed by atoms with Gasteiger partial charge in [0.15, 0.2) is 0 Å². The van der Waals surface area contributed by atoms with Crippen LogP contribution in [0.4, 0.5) is 8.78 Å². The Morgan fingerprint density at radius 2 is 1.67 bits per heavy atom. The minimum Gasteiger partial charge on any atom is -0.469 e. The van der Waals surface area contributed by atoms with Crippen molar-refractivity contribution in [3.05, 3.63) is 35.4 Å². The second-order valence-electron chi connectivity index (χ2n) is 5.28. The number of hydrogen-bond acceptors (Lipinski definition) is 5. The van der Waals surface area contributed by atoms with Crippen LogP contribution >= 0.6 is 0 Å². The van der Waals surface area contributed by atoms with E-state index in [0.717, 1.165) is 19.2 Å². The number of carbonyl (C=O) groups excluding carboxylic acids is 3. The van der Waals surface area contributed by atoms with Crippen LogP contribution in [-0.2, 0) is 30.3 Å². The molecule has 0 aliphatic heterocycles. The van der Waals surface area contributed by atoms with Gasteiger partial charge in [-0.2, -0.15) is 0 Å². The first-order chi connectivity index (χ1) is 11.3. The first-order valence-corrected chi connectivity index (χ1v) is 7.15. The summed E-state index contributed by atoms with van der Waals surface area (Å²) in [5.41, 5.74) is 0.120. The fourth-order valence-corrected chi connectivity index (χ4v) is 2.15. The number of hydrogen-bond donors (Lipinski definition) is 1. The standard InChI is InChI=1S/C16H19F2NO5/c1-9(4-14(21)23-2)15(16(22)24-3)19-13(20)7-10-5-11(17)8-12(18)6-10/h5-6,8-9,15H,4,7H2,1-3H3,(H,19,20)/t9-,15-/m0/s1. The van der Waals surface area contributed by atoms with Gasteiger partial charge in [0.2, 0.25) is 5.91 Å². The molecule has 0 aromatic heterocycles. The third kappa shape index (κ3) is 5.94. The van der Waals surface area contributed by atoms with Crippen LogP contribution in [-0.4, -0.2) is 38.1 Å². The number of nitrogens with one attached hydrogen (secondary N) is 1. The van der Waals surface area contributed by atoms with Gasteiger partial charge in [0.05, 0.1) is 27.1 Å². The minimum atomic E-state index is -1.08. The molecule has 0 radical (unpaired) electrons. The Kier molecular flexibility index (Phi) is 7.29. The molecule has 0 bridgehead atoms. The van der Waals surface area contributed by atoms with Crippen LogP contribution in [0.15, 0.2) is 18.2 Å². The van der Waals surface area contributed by atoms with E-state index in [-0.39, 0.29) is 18.4 Å². The van der Waals surface area contributed by atoms with Crippen LogP contribution < -0.4 is 5.32 Å². The SMILES string of the molecule is COC(=O)C[C@H](C)[C@H](NC(=O)Cc1cc(F)cc(F)c1)C(=O)OC. The van der Waals surface area contributed by atoms with Gasteiger partial charge in [-0.15, -0.1) is 0 Å². The fraction of sp³-hybridized carbons (Fsp3) is 0.438. The first-order valence-electron chi connectivity index (χ1n) is 7.15. The summed E-state index contributed by atoms with van der Waals surface area (Å²) >= 11 is 0. The van der Waals surface area contributed by atoms with Gasteiger partial charge in [-0.1, -0.05) is 6.92 Å². The van der Waals surface area contributed by atoms with Gasteiger partial charge < -0.3 is 14.8 Å². The summed E-state index contributed by atoms with van der Waals surface area (Å²) in [5, 5.41) is 2.42. The van der Waals surface area contributed by atoms with E-state index in [0.29, 0.717) is 6.07 Å². The molecule has 8 heteroatoms. The zero-order valence-corrected chi connectivity index (χ0v) is 13.6. The molecule has 0 saturated carbocycles. The Morgan fingerprint density at radius 1 is 1.08 bits per heavy atom. The number of benzene rings is 1. The van der Waals surface area contributed by atoms with Gasteiger partial charge in [-0.3, -0.25) is 9.59 Å². The molecule has 24 heavy (non-hydrogen) atoms. The zero-order valence-electron chi connectivity index (χ0n) is 13.6. The van der Waals surface area contributed by atoms with Gasteiger partial charge in [-0.05, 0) is 23.6 Å². The molecule has 1 N–H and O–H groups in total. The van der Waals surface area contributed by atoms with Crippen molar-refractivity contribution in [2.45, 2.75) is 25.8 Å². The van der Waals surface area contributed by atoms with E-state index < -0.39 is 41.4 Å². The van der Waals surface area contributed by atoms with E-state index in [2.05, 4.69) is 14.8 Å². The lowest BCUT2D eigenvalue weighted by Crippen LogP contribution is -2.47. The van der Waals surface area contributed by atoms with Crippen molar-refractivity contribution in [2.24, 2.45) is 5.92 Å². The Labute approximate surface area is 138 Å². The highest BCUT2D eigenvalue weighted by Crippen LogP contribution is 2.13. The van der Waals surface area contributed by atoms with Crippen molar-refractivity contribution in [3.63, 3.8) is 0 Å². The lowest BCUT2D eigenvalue weighted by Gasteiger charge is -2.22. The molecule has 2 atom stereocenters. The average Bonchev–Trinajstić information content (AvgIpc) is 2.50. The third-order valence-electron chi connectivity index (χ3n) is 3.34. The van der Waals surface area contributed by atoms with E-state index in [1.807, 2.05) is 0 Å². The Hall–Kier alpha value is -2.51. The molecule has 0 saturated heterocycles. The number of ether oxygens (including phenoxy) is 2. The van der Waals surface area contributed by atoms with Gasteiger partial charge >= 0.3 is 11.9 Å². The van der Waals surface area contributed by atoms with Crippen LogP contribution in [0.2, 0.25) is 0 Å². The number of esters is 2. The fourth-order valence-electron chi connectivity index (χ4n) is 2.15. The molecule has 0 aliphatic rings. The molecule has 0 fully saturated rings. The van der Waals surface area contributed by atoms with Gasteiger partial charge in [-0.25, -0.2) is 13.6 Å². The molecular weight excluding hydrogens is 324 g/mol. The smallest absolute Gasteiger partial charge is 0.328 e. The average molecular weight is 343 g/mol. The molecular formula is C16H19F2NO5. The lowest BCUT2D eigenvalue weighted by molar-refractivity contribution is -0.148. The van der Waals surface area contributed by atoms with Crippen molar-refractivity contribution in [3.8, 4) is 0 Å². The number of methoxy groups -OCH3 is 2. The predicted octanol–water partition coefficient (Wildman–Crippen LogP) is 1.36. The third-order valence-corrected chi connectivity index (χ3v) is 3.34. The van der Waals surface area contributed by atoms with Crippen molar-refractivity contribution < 1.29 is 32.6 Å². The van der Waals surface area contributed by atoms with E-state index >= 15 is 0 Å². The molecule has 1 aromatic rings. The second-order valence-corrected chi connectivity index (χ2v) is 5.28. The van der Waals surface area contributed by atoms with Crippen LogP contribution in [0.25, 0.3) is 0 Å². The number of rotatable bonds is 7. The predicted molar refractivity (Wildman–Crippen MR) is 79.8 cm³/mol. The molecule has 1 rings (SSSR count). The van der Waals surface area contributed by atoms with E-state index in [1.54, 1.807) is 6.92 Å². The van der Waals surface area contributed by atoms with Crippen LogP contribution in [0.5, 0.6) is 0 Å².